The van der Waals surface area contributed by atoms with E-state index < -0.39 is 0 Å². The Balaban J connectivity index is 1.71. The van der Waals surface area contributed by atoms with Gasteiger partial charge in [-0.2, -0.15) is 0 Å². The van der Waals surface area contributed by atoms with Crippen LogP contribution in [0.2, 0.25) is 0 Å². The first-order valence-corrected chi connectivity index (χ1v) is 6.60. The highest BCUT2D eigenvalue weighted by Gasteiger charge is 2.39. The van der Waals surface area contributed by atoms with E-state index in [9.17, 15) is 0 Å². The van der Waals surface area contributed by atoms with E-state index in [4.69, 9.17) is 12.2 Å². The summed E-state index contributed by atoms with van der Waals surface area (Å²) in [5.74, 6) is 2.54. The summed E-state index contributed by atoms with van der Waals surface area (Å²) in [6.07, 6.45) is 5.64. The van der Waals surface area contributed by atoms with E-state index >= 15 is 0 Å². The van der Waals surface area contributed by atoms with Crippen LogP contribution >= 0.6 is 12.2 Å². The second kappa shape index (κ2) is 4.69. The molecule has 15 heavy (non-hydrogen) atoms. The van der Waals surface area contributed by atoms with Gasteiger partial charge in [0.25, 0.3) is 0 Å². The minimum atomic E-state index is 0.657. The van der Waals surface area contributed by atoms with E-state index in [0.29, 0.717) is 12.0 Å². The van der Waals surface area contributed by atoms with Crippen molar-refractivity contribution in [2.75, 3.05) is 6.54 Å². The molecule has 0 aromatic carbocycles. The zero-order valence-electron chi connectivity index (χ0n) is 9.75. The highest BCUT2D eigenvalue weighted by atomic mass is 32.1. The lowest BCUT2D eigenvalue weighted by molar-refractivity contribution is 0.388. The molecule has 3 heteroatoms. The number of thiocarbonyl (C=S) groups is 1. The molecule has 2 bridgehead atoms. The molecule has 0 saturated heterocycles. The van der Waals surface area contributed by atoms with Crippen LogP contribution in [-0.4, -0.2) is 17.7 Å². The summed E-state index contributed by atoms with van der Waals surface area (Å²) in [4.78, 5) is 0. The van der Waals surface area contributed by atoms with Crippen molar-refractivity contribution in [2.45, 2.75) is 45.6 Å². The van der Waals surface area contributed by atoms with Crippen molar-refractivity contribution in [3.8, 4) is 0 Å². The molecule has 2 saturated carbocycles. The molecule has 2 rings (SSSR count). The summed E-state index contributed by atoms with van der Waals surface area (Å²) in [7, 11) is 0. The normalized spacial score (nSPS) is 33.4. The average molecular weight is 226 g/mol. The third kappa shape index (κ3) is 2.83. The quantitative estimate of drug-likeness (QED) is 0.722. The third-order valence-electron chi connectivity index (χ3n) is 3.73. The van der Waals surface area contributed by atoms with Gasteiger partial charge in [0.05, 0.1) is 0 Å². The Bertz CT molecular complexity index is 240. The summed E-state index contributed by atoms with van der Waals surface area (Å²) in [6.45, 7) is 5.38. The number of hydrogen-bond donors (Lipinski definition) is 2. The van der Waals surface area contributed by atoms with E-state index in [1.807, 2.05) is 0 Å². The average Bonchev–Trinajstić information content (AvgIpc) is 2.76. The molecule has 0 aromatic heterocycles. The van der Waals surface area contributed by atoms with Gasteiger partial charge in [0.2, 0.25) is 0 Å². The minimum Gasteiger partial charge on any atom is -0.362 e. The molecule has 0 aromatic rings. The number of fused-ring (bicyclic) bond motifs is 2. The molecule has 2 aliphatic carbocycles. The van der Waals surface area contributed by atoms with Crippen molar-refractivity contribution in [3.05, 3.63) is 0 Å². The maximum absolute atomic E-state index is 5.30. The number of hydrogen-bond acceptors (Lipinski definition) is 1. The molecule has 0 unspecified atom stereocenters. The van der Waals surface area contributed by atoms with Crippen molar-refractivity contribution in [1.29, 1.82) is 0 Å². The zero-order chi connectivity index (χ0) is 10.8. The summed E-state index contributed by atoms with van der Waals surface area (Å²) in [5, 5.41) is 7.64. The minimum absolute atomic E-state index is 0.657. The topological polar surface area (TPSA) is 24.1 Å². The maximum atomic E-state index is 5.30. The predicted molar refractivity (Wildman–Crippen MR) is 67.8 cm³/mol. The monoisotopic (exact) mass is 226 g/mol. The molecular weight excluding hydrogens is 204 g/mol. The van der Waals surface area contributed by atoms with Crippen LogP contribution in [0.3, 0.4) is 0 Å². The molecule has 0 spiro atoms. The van der Waals surface area contributed by atoms with Crippen LogP contribution in [0.25, 0.3) is 0 Å². The number of rotatable bonds is 3. The standard InChI is InChI=1S/C12H22N2S/c1-8(2)7-13-12(15)14-11-6-9-3-4-10(11)5-9/h8-11H,3-7H2,1-2H3,(H2,13,14,15)/t9-,10-,11-/m0/s1. The molecule has 0 heterocycles. The smallest absolute Gasteiger partial charge is 0.166 e. The predicted octanol–water partition coefficient (Wildman–Crippen LogP) is 2.30. The van der Waals surface area contributed by atoms with Gasteiger partial charge in [-0.3, -0.25) is 0 Å². The largest absolute Gasteiger partial charge is 0.362 e. The van der Waals surface area contributed by atoms with E-state index in [-0.39, 0.29) is 0 Å². The van der Waals surface area contributed by atoms with Gasteiger partial charge in [-0.05, 0) is 49.2 Å². The molecule has 0 radical (unpaired) electrons. The Labute approximate surface area is 98.2 Å². The molecule has 0 amide bonds. The van der Waals surface area contributed by atoms with E-state index in [1.54, 1.807) is 0 Å². The Kier molecular flexibility index (Phi) is 3.49. The van der Waals surface area contributed by atoms with Crippen LogP contribution < -0.4 is 10.6 Å². The van der Waals surface area contributed by atoms with Gasteiger partial charge in [-0.1, -0.05) is 20.3 Å². The van der Waals surface area contributed by atoms with Gasteiger partial charge in [-0.25, -0.2) is 0 Å². The molecule has 2 fully saturated rings. The summed E-state index contributed by atoms with van der Waals surface area (Å²) >= 11 is 5.30. The molecule has 2 nitrogen and oxygen atoms in total. The lowest BCUT2D eigenvalue weighted by Crippen LogP contribution is -2.45. The highest BCUT2D eigenvalue weighted by molar-refractivity contribution is 7.80. The van der Waals surface area contributed by atoms with Crippen LogP contribution in [0.15, 0.2) is 0 Å². The Morgan fingerprint density at radius 2 is 2.13 bits per heavy atom. The summed E-state index contributed by atoms with van der Waals surface area (Å²) in [5.41, 5.74) is 0. The summed E-state index contributed by atoms with van der Waals surface area (Å²) in [6, 6.07) is 0.663. The van der Waals surface area contributed by atoms with Crippen molar-refractivity contribution in [2.24, 2.45) is 17.8 Å². The van der Waals surface area contributed by atoms with Crippen LogP contribution in [0, 0.1) is 17.8 Å². The number of nitrogens with one attached hydrogen (secondary N) is 2. The van der Waals surface area contributed by atoms with E-state index in [2.05, 4.69) is 24.5 Å². The van der Waals surface area contributed by atoms with Crippen molar-refractivity contribution in [3.63, 3.8) is 0 Å². The van der Waals surface area contributed by atoms with Gasteiger partial charge in [0.15, 0.2) is 5.11 Å². The van der Waals surface area contributed by atoms with Crippen LogP contribution in [0.4, 0.5) is 0 Å². The molecular formula is C12H22N2S. The van der Waals surface area contributed by atoms with Gasteiger partial charge in [0, 0.05) is 12.6 Å². The lowest BCUT2D eigenvalue weighted by atomic mass is 9.96. The Morgan fingerprint density at radius 3 is 2.67 bits per heavy atom. The fourth-order valence-electron chi connectivity index (χ4n) is 2.94. The Morgan fingerprint density at radius 1 is 1.33 bits per heavy atom. The van der Waals surface area contributed by atoms with E-state index in [1.165, 1.54) is 25.7 Å². The lowest BCUT2D eigenvalue weighted by Gasteiger charge is -2.24. The van der Waals surface area contributed by atoms with Crippen molar-refractivity contribution >= 4 is 17.3 Å². The van der Waals surface area contributed by atoms with Crippen LogP contribution in [0.5, 0.6) is 0 Å². The second-order valence-electron chi connectivity index (χ2n) is 5.53. The SMILES string of the molecule is CC(C)CNC(=S)N[C@H]1C[C@H]2CC[C@H]1C2. The first-order chi connectivity index (χ1) is 7.15. The van der Waals surface area contributed by atoms with Crippen LogP contribution in [0.1, 0.15) is 39.5 Å². The highest BCUT2D eigenvalue weighted by Crippen LogP contribution is 2.44. The fraction of sp³-hybridized carbons (Fsp3) is 0.917. The van der Waals surface area contributed by atoms with Crippen molar-refractivity contribution in [1.82, 2.24) is 10.6 Å². The fourth-order valence-corrected chi connectivity index (χ4v) is 3.17. The molecule has 2 aliphatic rings. The third-order valence-corrected chi connectivity index (χ3v) is 3.99. The van der Waals surface area contributed by atoms with Gasteiger partial charge in [0.1, 0.15) is 0 Å². The molecule has 86 valence electrons. The van der Waals surface area contributed by atoms with E-state index in [0.717, 1.165) is 23.5 Å². The molecule has 0 aliphatic heterocycles. The zero-order valence-corrected chi connectivity index (χ0v) is 10.6. The second-order valence-corrected chi connectivity index (χ2v) is 5.94. The molecule has 3 atom stereocenters. The molecule has 2 N–H and O–H groups in total. The first-order valence-electron chi connectivity index (χ1n) is 6.19. The van der Waals surface area contributed by atoms with Gasteiger partial charge in [-0.15, -0.1) is 0 Å². The first kappa shape index (κ1) is 11.2. The Hall–Kier alpha value is -0.310. The van der Waals surface area contributed by atoms with Gasteiger partial charge < -0.3 is 10.6 Å². The van der Waals surface area contributed by atoms with Crippen LogP contribution in [-0.2, 0) is 0 Å². The van der Waals surface area contributed by atoms with Gasteiger partial charge >= 0.3 is 0 Å². The van der Waals surface area contributed by atoms with Crippen molar-refractivity contribution < 1.29 is 0 Å². The maximum Gasteiger partial charge on any atom is 0.166 e. The summed E-state index contributed by atoms with van der Waals surface area (Å²) < 4.78 is 0.